The summed E-state index contributed by atoms with van der Waals surface area (Å²) >= 11 is 0. The highest BCUT2D eigenvalue weighted by atomic mass is 15.3. The molecule has 2 saturated heterocycles. The Morgan fingerprint density at radius 1 is 1.00 bits per heavy atom. The summed E-state index contributed by atoms with van der Waals surface area (Å²) < 4.78 is 0. The lowest BCUT2D eigenvalue weighted by molar-refractivity contribution is -0.125. The average molecular weight is 210 g/mol. The van der Waals surface area contributed by atoms with Crippen molar-refractivity contribution >= 4 is 0 Å². The third-order valence-corrected chi connectivity index (χ3v) is 3.95. The second kappa shape index (κ2) is 4.06. The topological polar surface area (TPSA) is 6.48 Å². The van der Waals surface area contributed by atoms with Gasteiger partial charge in [0.1, 0.15) is 0 Å². The first-order valence-electron chi connectivity index (χ1n) is 6.47. The van der Waals surface area contributed by atoms with Gasteiger partial charge in [0.05, 0.1) is 0 Å². The predicted octanol–water partition coefficient (Wildman–Crippen LogP) is 2.06. The summed E-state index contributed by atoms with van der Waals surface area (Å²) in [6.07, 6.45) is 1.37. The van der Waals surface area contributed by atoms with Crippen molar-refractivity contribution in [3.63, 3.8) is 0 Å². The van der Waals surface area contributed by atoms with E-state index in [0.717, 1.165) is 12.0 Å². The SMILES string of the molecule is CC(C)CCN1CC2(C1)CN(C(C)C)C2. The Morgan fingerprint density at radius 3 is 2.07 bits per heavy atom. The highest BCUT2D eigenvalue weighted by Gasteiger charge is 2.51. The number of hydrogen-bond donors (Lipinski definition) is 0. The minimum atomic E-state index is 0.710. The van der Waals surface area contributed by atoms with E-state index in [-0.39, 0.29) is 0 Å². The normalized spacial score (nSPS) is 26.0. The smallest absolute Gasteiger partial charge is 0.0212 e. The van der Waals surface area contributed by atoms with Crippen molar-refractivity contribution in [2.45, 2.75) is 40.2 Å². The zero-order valence-corrected chi connectivity index (χ0v) is 10.8. The number of nitrogens with zero attached hydrogens (tertiary/aromatic N) is 2. The van der Waals surface area contributed by atoms with Crippen LogP contribution in [0.1, 0.15) is 34.1 Å². The molecular weight excluding hydrogens is 184 g/mol. The summed E-state index contributed by atoms with van der Waals surface area (Å²) in [5.41, 5.74) is 0.710. The molecule has 0 bridgehead atoms. The van der Waals surface area contributed by atoms with Gasteiger partial charge in [-0.2, -0.15) is 0 Å². The minimum absolute atomic E-state index is 0.710. The second-order valence-electron chi connectivity index (χ2n) is 6.39. The van der Waals surface area contributed by atoms with Crippen LogP contribution in [0.4, 0.5) is 0 Å². The van der Waals surface area contributed by atoms with Crippen LogP contribution >= 0.6 is 0 Å². The van der Waals surface area contributed by atoms with E-state index in [9.17, 15) is 0 Å². The van der Waals surface area contributed by atoms with Crippen molar-refractivity contribution in [3.8, 4) is 0 Å². The molecule has 0 amide bonds. The van der Waals surface area contributed by atoms with Gasteiger partial charge in [0.2, 0.25) is 0 Å². The first-order valence-corrected chi connectivity index (χ1v) is 6.47. The summed E-state index contributed by atoms with van der Waals surface area (Å²) in [5.74, 6) is 0.857. The molecule has 0 aromatic rings. The largest absolute Gasteiger partial charge is 0.302 e. The monoisotopic (exact) mass is 210 g/mol. The fraction of sp³-hybridized carbons (Fsp3) is 1.00. The fourth-order valence-corrected chi connectivity index (χ4v) is 2.88. The van der Waals surface area contributed by atoms with Crippen LogP contribution < -0.4 is 0 Å². The van der Waals surface area contributed by atoms with E-state index >= 15 is 0 Å². The van der Waals surface area contributed by atoms with Gasteiger partial charge in [-0.05, 0) is 32.7 Å². The van der Waals surface area contributed by atoms with Crippen molar-refractivity contribution in [1.82, 2.24) is 9.80 Å². The van der Waals surface area contributed by atoms with Gasteiger partial charge in [0.15, 0.2) is 0 Å². The summed E-state index contributed by atoms with van der Waals surface area (Å²) in [7, 11) is 0. The van der Waals surface area contributed by atoms with Crippen LogP contribution in [0, 0.1) is 11.3 Å². The van der Waals surface area contributed by atoms with Crippen molar-refractivity contribution in [2.24, 2.45) is 11.3 Å². The van der Waals surface area contributed by atoms with Gasteiger partial charge in [0, 0.05) is 37.6 Å². The van der Waals surface area contributed by atoms with E-state index in [1.807, 2.05) is 0 Å². The molecule has 15 heavy (non-hydrogen) atoms. The molecule has 0 aromatic carbocycles. The van der Waals surface area contributed by atoms with Crippen LogP contribution in [0.2, 0.25) is 0 Å². The molecule has 2 heteroatoms. The van der Waals surface area contributed by atoms with Crippen LogP contribution in [0.3, 0.4) is 0 Å². The Bertz CT molecular complexity index is 209. The molecule has 2 heterocycles. The molecule has 0 N–H and O–H groups in total. The van der Waals surface area contributed by atoms with E-state index < -0.39 is 0 Å². The van der Waals surface area contributed by atoms with Gasteiger partial charge in [-0.15, -0.1) is 0 Å². The quantitative estimate of drug-likeness (QED) is 0.701. The van der Waals surface area contributed by atoms with Gasteiger partial charge in [-0.1, -0.05) is 13.8 Å². The maximum absolute atomic E-state index is 2.64. The summed E-state index contributed by atoms with van der Waals surface area (Å²) in [6, 6.07) is 0.750. The number of likely N-dealkylation sites (tertiary alicyclic amines) is 2. The Labute approximate surface area is 94.6 Å². The highest BCUT2D eigenvalue weighted by Crippen LogP contribution is 2.40. The molecule has 0 saturated carbocycles. The molecule has 0 radical (unpaired) electrons. The van der Waals surface area contributed by atoms with E-state index in [4.69, 9.17) is 0 Å². The summed E-state index contributed by atoms with van der Waals surface area (Å²) in [4.78, 5) is 5.23. The first kappa shape index (κ1) is 11.4. The Hall–Kier alpha value is -0.0800. The van der Waals surface area contributed by atoms with Crippen molar-refractivity contribution in [3.05, 3.63) is 0 Å². The molecule has 88 valence electrons. The van der Waals surface area contributed by atoms with Crippen LogP contribution in [0.15, 0.2) is 0 Å². The van der Waals surface area contributed by atoms with Crippen LogP contribution in [0.5, 0.6) is 0 Å². The van der Waals surface area contributed by atoms with Gasteiger partial charge < -0.3 is 4.90 Å². The lowest BCUT2D eigenvalue weighted by Gasteiger charge is -2.61. The van der Waals surface area contributed by atoms with Gasteiger partial charge in [0.25, 0.3) is 0 Å². The lowest BCUT2D eigenvalue weighted by atomic mass is 9.72. The van der Waals surface area contributed by atoms with Gasteiger partial charge in [-0.3, -0.25) is 4.90 Å². The maximum atomic E-state index is 2.64. The van der Waals surface area contributed by atoms with Crippen LogP contribution in [-0.2, 0) is 0 Å². The van der Waals surface area contributed by atoms with Crippen LogP contribution in [-0.4, -0.2) is 48.6 Å². The molecule has 2 nitrogen and oxygen atoms in total. The molecule has 1 spiro atoms. The van der Waals surface area contributed by atoms with E-state index in [2.05, 4.69) is 37.5 Å². The maximum Gasteiger partial charge on any atom is 0.0212 e. The Kier molecular flexibility index (Phi) is 3.09. The van der Waals surface area contributed by atoms with Gasteiger partial charge >= 0.3 is 0 Å². The molecular formula is C13H26N2. The molecule has 0 aromatic heterocycles. The zero-order valence-electron chi connectivity index (χ0n) is 10.8. The lowest BCUT2D eigenvalue weighted by Crippen LogP contribution is -2.72. The first-order chi connectivity index (χ1) is 7.01. The third kappa shape index (κ3) is 2.36. The average Bonchev–Trinajstić information content (AvgIpc) is 1.96. The molecule has 2 aliphatic rings. The number of rotatable bonds is 4. The molecule has 0 aliphatic carbocycles. The Morgan fingerprint density at radius 2 is 1.60 bits per heavy atom. The van der Waals surface area contributed by atoms with E-state index in [1.165, 1.54) is 39.1 Å². The van der Waals surface area contributed by atoms with Crippen molar-refractivity contribution in [2.75, 3.05) is 32.7 Å². The van der Waals surface area contributed by atoms with Gasteiger partial charge in [-0.25, -0.2) is 0 Å². The molecule has 2 rings (SSSR count). The molecule has 0 unspecified atom stereocenters. The Balaban J connectivity index is 1.63. The molecule has 0 atom stereocenters. The highest BCUT2D eigenvalue weighted by molar-refractivity contribution is 5.06. The number of hydrogen-bond acceptors (Lipinski definition) is 2. The second-order valence-corrected chi connectivity index (χ2v) is 6.39. The standard InChI is InChI=1S/C13H26N2/c1-11(2)5-6-14-7-13(8-14)9-15(10-13)12(3)4/h11-12H,5-10H2,1-4H3. The third-order valence-electron chi connectivity index (χ3n) is 3.95. The molecule has 2 aliphatic heterocycles. The summed E-state index contributed by atoms with van der Waals surface area (Å²) in [6.45, 7) is 16.0. The van der Waals surface area contributed by atoms with E-state index in [0.29, 0.717) is 5.41 Å². The van der Waals surface area contributed by atoms with Crippen molar-refractivity contribution < 1.29 is 0 Å². The molecule has 2 fully saturated rings. The summed E-state index contributed by atoms with van der Waals surface area (Å²) in [5, 5.41) is 0. The van der Waals surface area contributed by atoms with E-state index in [1.54, 1.807) is 0 Å². The fourth-order valence-electron chi connectivity index (χ4n) is 2.88. The minimum Gasteiger partial charge on any atom is -0.302 e. The zero-order chi connectivity index (χ0) is 11.1. The predicted molar refractivity (Wildman–Crippen MR) is 65.0 cm³/mol. The van der Waals surface area contributed by atoms with Crippen LogP contribution in [0.25, 0.3) is 0 Å². The van der Waals surface area contributed by atoms with Crippen molar-refractivity contribution in [1.29, 1.82) is 0 Å².